The van der Waals surface area contributed by atoms with Crippen LogP contribution in [0.15, 0.2) is 84.0 Å². The zero-order chi connectivity index (χ0) is 25.0. The minimum atomic E-state index is -0.594. The zero-order valence-electron chi connectivity index (χ0n) is 18.6. The normalized spacial score (nSPS) is 10.8. The maximum Gasteiger partial charge on any atom is 0.336 e. The highest BCUT2D eigenvalue weighted by molar-refractivity contribution is 5.89. The molecule has 0 aliphatic rings. The number of ether oxygens (including phenoxy) is 3. The van der Waals surface area contributed by atoms with Crippen LogP contribution in [0.3, 0.4) is 0 Å². The van der Waals surface area contributed by atoms with E-state index in [1.165, 1.54) is 30.5 Å². The molecule has 10 heteroatoms. The van der Waals surface area contributed by atoms with E-state index in [-0.39, 0.29) is 11.4 Å². The Morgan fingerprint density at radius 3 is 2.31 bits per heavy atom. The topological polar surface area (TPSA) is 129 Å². The number of esters is 1. The van der Waals surface area contributed by atoms with E-state index < -0.39 is 23.4 Å². The van der Waals surface area contributed by atoms with Gasteiger partial charge in [-0.2, -0.15) is 5.10 Å². The number of hydrogen-bond acceptors (Lipinski definition) is 8. The third kappa shape index (κ3) is 7.82. The summed E-state index contributed by atoms with van der Waals surface area (Å²) in [5, 5.41) is 14.8. The Morgan fingerprint density at radius 1 is 0.971 bits per heavy atom. The molecule has 0 fully saturated rings. The van der Waals surface area contributed by atoms with Crippen LogP contribution < -0.4 is 19.6 Å². The van der Waals surface area contributed by atoms with Gasteiger partial charge in [0.2, 0.25) is 0 Å². The Bertz CT molecular complexity index is 1240. The first-order chi connectivity index (χ1) is 16.9. The largest absolute Gasteiger partial charge is 0.497 e. The lowest BCUT2D eigenvalue weighted by Crippen LogP contribution is -2.24. The number of carbonyl (C=O) groups excluding carboxylic acids is 2. The first-order valence-electron chi connectivity index (χ1n) is 10.3. The van der Waals surface area contributed by atoms with Gasteiger partial charge < -0.3 is 14.2 Å². The number of rotatable bonds is 10. The Hall–Kier alpha value is -4.99. The molecule has 3 aromatic carbocycles. The number of benzene rings is 3. The molecule has 1 N–H and O–H groups in total. The van der Waals surface area contributed by atoms with Crippen molar-refractivity contribution in [2.45, 2.75) is 0 Å². The van der Waals surface area contributed by atoms with E-state index >= 15 is 0 Å². The monoisotopic (exact) mass is 475 g/mol. The molecule has 0 saturated heterocycles. The summed E-state index contributed by atoms with van der Waals surface area (Å²) < 4.78 is 15.5. The fourth-order valence-electron chi connectivity index (χ4n) is 2.74. The van der Waals surface area contributed by atoms with Gasteiger partial charge in [-0.05, 0) is 59.7 Å². The minimum absolute atomic E-state index is 0.0133. The summed E-state index contributed by atoms with van der Waals surface area (Å²) >= 11 is 0. The highest BCUT2D eigenvalue weighted by Gasteiger charge is 2.14. The van der Waals surface area contributed by atoms with Crippen LogP contribution in [0.25, 0.3) is 6.08 Å². The van der Waals surface area contributed by atoms with Crippen LogP contribution in [0.2, 0.25) is 0 Å². The van der Waals surface area contributed by atoms with Gasteiger partial charge in [0.25, 0.3) is 5.91 Å². The molecule has 0 unspecified atom stereocenters. The fourth-order valence-corrected chi connectivity index (χ4v) is 2.74. The van der Waals surface area contributed by atoms with Crippen molar-refractivity contribution in [3.8, 4) is 17.2 Å². The molecule has 0 heterocycles. The molecule has 0 atom stereocenters. The number of nitro benzene ring substituents is 1. The molecule has 0 bridgehead atoms. The van der Waals surface area contributed by atoms with Crippen LogP contribution in [0, 0.1) is 10.1 Å². The first kappa shape index (κ1) is 24.6. The van der Waals surface area contributed by atoms with Crippen molar-refractivity contribution in [2.24, 2.45) is 5.10 Å². The zero-order valence-corrected chi connectivity index (χ0v) is 18.6. The molecule has 0 saturated carbocycles. The molecule has 0 aliphatic heterocycles. The molecule has 1 amide bonds. The Balaban J connectivity index is 1.45. The summed E-state index contributed by atoms with van der Waals surface area (Å²) in [4.78, 5) is 34.2. The number of carbonyl (C=O) groups is 2. The molecule has 10 nitrogen and oxygen atoms in total. The Kier molecular flexibility index (Phi) is 8.66. The smallest absolute Gasteiger partial charge is 0.336 e. The molecule has 0 spiro atoms. The van der Waals surface area contributed by atoms with Crippen molar-refractivity contribution >= 4 is 29.9 Å². The summed E-state index contributed by atoms with van der Waals surface area (Å²) in [7, 11) is 1.58. The van der Waals surface area contributed by atoms with Gasteiger partial charge in [0.1, 0.15) is 11.5 Å². The van der Waals surface area contributed by atoms with E-state index in [4.69, 9.17) is 14.2 Å². The second-order valence-electron chi connectivity index (χ2n) is 6.90. The molecule has 3 aromatic rings. The number of amides is 1. The number of hydrazone groups is 1. The summed E-state index contributed by atoms with van der Waals surface area (Å²) in [6.45, 7) is -0.443. The number of nitrogens with zero attached hydrogens (tertiary/aromatic N) is 2. The van der Waals surface area contributed by atoms with E-state index in [0.717, 1.165) is 11.3 Å². The maximum atomic E-state index is 12.0. The van der Waals surface area contributed by atoms with Gasteiger partial charge in [-0.3, -0.25) is 14.9 Å². The van der Waals surface area contributed by atoms with Crippen LogP contribution >= 0.6 is 0 Å². The van der Waals surface area contributed by atoms with Gasteiger partial charge in [0.15, 0.2) is 12.4 Å². The lowest BCUT2D eigenvalue weighted by Gasteiger charge is -2.05. The molecule has 178 valence electrons. The second kappa shape index (κ2) is 12.3. The first-order valence-corrected chi connectivity index (χ1v) is 10.3. The van der Waals surface area contributed by atoms with Crippen molar-refractivity contribution < 1.29 is 28.7 Å². The van der Waals surface area contributed by atoms with Crippen LogP contribution in [0.1, 0.15) is 11.1 Å². The lowest BCUT2D eigenvalue weighted by molar-refractivity contribution is -0.385. The molecule has 35 heavy (non-hydrogen) atoms. The highest BCUT2D eigenvalue weighted by atomic mass is 16.6. The third-order valence-corrected chi connectivity index (χ3v) is 4.45. The number of nitrogens with one attached hydrogen (secondary N) is 1. The molecule has 0 radical (unpaired) electrons. The SMILES string of the molecule is COc1ccc(C=CC(=O)Oc2ccc(C=NNC(=O)COc3ccccc3[N+](=O)[O-])cc2)cc1. The molecule has 3 rings (SSSR count). The molecule has 0 aromatic heterocycles. The van der Waals surface area contributed by atoms with E-state index in [1.807, 2.05) is 12.1 Å². The standard InChI is InChI=1S/C25H21N3O7/c1-33-20-11-6-18(7-12-20)10-15-25(30)35-21-13-8-19(9-14-21)16-26-27-24(29)17-34-23-5-3-2-4-22(23)28(31)32/h2-16H,17H2,1H3,(H,27,29). The summed E-state index contributed by atoms with van der Waals surface area (Å²) in [6.07, 6.45) is 4.34. The molecular weight excluding hydrogens is 454 g/mol. The van der Waals surface area contributed by atoms with E-state index in [1.54, 1.807) is 55.7 Å². The van der Waals surface area contributed by atoms with E-state index in [2.05, 4.69) is 10.5 Å². The van der Waals surface area contributed by atoms with Gasteiger partial charge >= 0.3 is 11.7 Å². The number of para-hydroxylation sites is 2. The summed E-state index contributed by atoms with van der Waals surface area (Å²) in [6, 6.07) is 19.4. The fraction of sp³-hybridized carbons (Fsp3) is 0.0800. The average Bonchev–Trinajstić information content (AvgIpc) is 2.87. The number of methoxy groups -OCH3 is 1. The van der Waals surface area contributed by atoms with Gasteiger partial charge in [0, 0.05) is 12.1 Å². The maximum absolute atomic E-state index is 12.0. The van der Waals surface area contributed by atoms with Gasteiger partial charge in [0.05, 0.1) is 18.2 Å². The Labute approximate surface area is 200 Å². The third-order valence-electron chi connectivity index (χ3n) is 4.45. The van der Waals surface area contributed by atoms with Crippen molar-refractivity contribution in [3.63, 3.8) is 0 Å². The molecule has 0 aliphatic carbocycles. The Morgan fingerprint density at radius 2 is 1.63 bits per heavy atom. The van der Waals surface area contributed by atoms with Gasteiger partial charge in [-0.15, -0.1) is 0 Å². The summed E-state index contributed by atoms with van der Waals surface area (Å²) in [5.41, 5.74) is 3.49. The predicted octanol–water partition coefficient (Wildman–Crippen LogP) is 3.75. The van der Waals surface area contributed by atoms with Crippen molar-refractivity contribution in [3.05, 3.63) is 100 Å². The van der Waals surface area contributed by atoms with Crippen LogP contribution in [0.4, 0.5) is 5.69 Å². The predicted molar refractivity (Wildman–Crippen MR) is 128 cm³/mol. The lowest BCUT2D eigenvalue weighted by atomic mass is 10.2. The summed E-state index contributed by atoms with van der Waals surface area (Å²) in [5.74, 6) is -0.0736. The van der Waals surface area contributed by atoms with Crippen LogP contribution in [0.5, 0.6) is 17.2 Å². The van der Waals surface area contributed by atoms with Crippen molar-refractivity contribution in [2.75, 3.05) is 13.7 Å². The molecular formula is C25H21N3O7. The minimum Gasteiger partial charge on any atom is -0.497 e. The number of nitro groups is 1. The highest BCUT2D eigenvalue weighted by Crippen LogP contribution is 2.25. The van der Waals surface area contributed by atoms with Crippen LogP contribution in [-0.2, 0) is 9.59 Å². The van der Waals surface area contributed by atoms with Gasteiger partial charge in [-0.25, -0.2) is 10.2 Å². The van der Waals surface area contributed by atoms with Crippen molar-refractivity contribution in [1.29, 1.82) is 0 Å². The van der Waals surface area contributed by atoms with Gasteiger partial charge in [-0.1, -0.05) is 24.3 Å². The van der Waals surface area contributed by atoms with Crippen molar-refractivity contribution in [1.82, 2.24) is 5.43 Å². The van der Waals surface area contributed by atoms with Crippen LogP contribution in [-0.4, -0.2) is 36.7 Å². The second-order valence-corrected chi connectivity index (χ2v) is 6.90. The number of hydrogen-bond donors (Lipinski definition) is 1. The van der Waals surface area contributed by atoms with E-state index in [9.17, 15) is 19.7 Å². The van der Waals surface area contributed by atoms with E-state index in [0.29, 0.717) is 11.3 Å². The average molecular weight is 475 g/mol. The quantitative estimate of drug-likeness (QED) is 0.118.